The van der Waals surface area contributed by atoms with Gasteiger partial charge in [0.15, 0.2) is 5.60 Å². The molecule has 0 aliphatic carbocycles. The van der Waals surface area contributed by atoms with Gasteiger partial charge in [0, 0.05) is 18.4 Å². The molecule has 2 aliphatic rings. The van der Waals surface area contributed by atoms with E-state index >= 15 is 0 Å². The number of rotatable bonds is 5. The fourth-order valence-corrected chi connectivity index (χ4v) is 4.39. The maximum atomic E-state index is 13.5. The highest BCUT2D eigenvalue weighted by Crippen LogP contribution is 2.44. The third kappa shape index (κ3) is 3.58. The van der Waals surface area contributed by atoms with Gasteiger partial charge in [0.05, 0.1) is 43.1 Å². The van der Waals surface area contributed by atoms with E-state index < -0.39 is 5.60 Å². The average Bonchev–Trinajstić information content (AvgIpc) is 3.42. The first-order valence-corrected chi connectivity index (χ1v) is 10.6. The van der Waals surface area contributed by atoms with Crippen LogP contribution in [0, 0.1) is 18.7 Å². The number of ether oxygens (including phenoxy) is 2. The van der Waals surface area contributed by atoms with Gasteiger partial charge in [-0.15, -0.1) is 0 Å². The normalized spacial score (nSPS) is 22.5. The molecule has 0 N–H and O–H groups in total. The number of halogens is 1. The summed E-state index contributed by atoms with van der Waals surface area (Å²) in [7, 11) is 1.66. The van der Waals surface area contributed by atoms with Crippen molar-refractivity contribution >= 4 is 11.8 Å². The number of hydrogen-bond donors (Lipinski definition) is 0. The van der Waals surface area contributed by atoms with Gasteiger partial charge in [-0.2, -0.15) is 0 Å². The molecule has 0 bridgehead atoms. The predicted octanol–water partition coefficient (Wildman–Crippen LogP) is 4.66. The molecule has 0 amide bonds. The maximum absolute atomic E-state index is 13.5. The molecule has 3 aromatic rings. The summed E-state index contributed by atoms with van der Waals surface area (Å²) in [5.74, 6) is 0.509. The van der Waals surface area contributed by atoms with Crippen molar-refractivity contribution in [2.75, 3.05) is 20.3 Å². The minimum atomic E-state index is -0.716. The van der Waals surface area contributed by atoms with Crippen molar-refractivity contribution < 1.29 is 18.7 Å². The van der Waals surface area contributed by atoms with Gasteiger partial charge in [-0.25, -0.2) is 9.37 Å². The Balaban J connectivity index is 1.40. The molecule has 2 aliphatic heterocycles. The standard InChI is InChI=1S/C25H24FN3O3/c1-17-14-29(16-27-17)23-10-4-18(13-24(23)30-2)3-9-22-21-11-12-31-15-25(21,32-28-22)19-5-7-20(26)8-6-19/h3-10,13-14,16,21H,11-12,15H2,1-2H3/b9-3+. The molecule has 0 saturated carbocycles. The molecule has 5 rings (SSSR count). The largest absolute Gasteiger partial charge is 0.495 e. The number of nitrogens with zero attached hydrogens (tertiary/aromatic N) is 3. The second-order valence-electron chi connectivity index (χ2n) is 8.08. The lowest BCUT2D eigenvalue weighted by molar-refractivity contribution is -0.135. The molecule has 1 aromatic heterocycles. The van der Waals surface area contributed by atoms with Gasteiger partial charge >= 0.3 is 0 Å². The van der Waals surface area contributed by atoms with E-state index in [2.05, 4.69) is 10.1 Å². The van der Waals surface area contributed by atoms with Crippen LogP contribution in [0.5, 0.6) is 5.75 Å². The summed E-state index contributed by atoms with van der Waals surface area (Å²) < 4.78 is 26.7. The van der Waals surface area contributed by atoms with E-state index in [1.165, 1.54) is 12.1 Å². The molecule has 2 atom stereocenters. The van der Waals surface area contributed by atoms with Crippen LogP contribution in [-0.4, -0.2) is 35.6 Å². The van der Waals surface area contributed by atoms with Crippen LogP contribution in [0.2, 0.25) is 0 Å². The second-order valence-corrected chi connectivity index (χ2v) is 8.08. The van der Waals surface area contributed by atoms with Crippen LogP contribution in [0.1, 0.15) is 23.2 Å². The molecule has 1 saturated heterocycles. The first-order valence-electron chi connectivity index (χ1n) is 10.6. The molecule has 32 heavy (non-hydrogen) atoms. The Kier molecular flexibility index (Phi) is 5.27. The van der Waals surface area contributed by atoms with Crippen molar-refractivity contribution in [3.8, 4) is 11.4 Å². The number of allylic oxidation sites excluding steroid dienone is 1. The van der Waals surface area contributed by atoms with E-state index in [-0.39, 0.29) is 11.7 Å². The number of aromatic nitrogens is 2. The average molecular weight is 433 g/mol. The van der Waals surface area contributed by atoms with Crippen molar-refractivity contribution in [3.63, 3.8) is 0 Å². The van der Waals surface area contributed by atoms with Crippen LogP contribution in [0.15, 0.2) is 66.2 Å². The van der Waals surface area contributed by atoms with Crippen LogP contribution in [0.3, 0.4) is 0 Å². The molecule has 2 unspecified atom stereocenters. The lowest BCUT2D eigenvalue weighted by Crippen LogP contribution is -2.44. The van der Waals surface area contributed by atoms with Crippen LogP contribution in [-0.2, 0) is 15.2 Å². The summed E-state index contributed by atoms with van der Waals surface area (Å²) in [6.07, 6.45) is 8.50. The molecule has 1 fully saturated rings. The summed E-state index contributed by atoms with van der Waals surface area (Å²) in [5.41, 5.74) is 3.86. The first kappa shape index (κ1) is 20.5. The highest BCUT2D eigenvalue weighted by atomic mass is 19.1. The van der Waals surface area contributed by atoms with E-state index in [0.717, 1.165) is 40.4 Å². The zero-order valence-corrected chi connectivity index (χ0v) is 18.0. The molecule has 0 spiro atoms. The minimum Gasteiger partial charge on any atom is -0.495 e. The molecule has 7 heteroatoms. The third-order valence-electron chi connectivity index (χ3n) is 6.07. The highest BCUT2D eigenvalue weighted by Gasteiger charge is 2.51. The van der Waals surface area contributed by atoms with E-state index in [1.807, 2.05) is 48.0 Å². The number of fused-ring (bicyclic) bond motifs is 1. The van der Waals surface area contributed by atoms with Crippen LogP contribution >= 0.6 is 0 Å². The number of methoxy groups -OCH3 is 1. The van der Waals surface area contributed by atoms with Crippen molar-refractivity contribution in [1.29, 1.82) is 0 Å². The Labute approximate surface area is 185 Å². The molecule has 164 valence electrons. The summed E-state index contributed by atoms with van der Waals surface area (Å²) in [6.45, 7) is 2.97. The van der Waals surface area contributed by atoms with E-state index in [9.17, 15) is 4.39 Å². The SMILES string of the molecule is COc1cc(/C=C/C2=NOC3(c4ccc(F)cc4)COCCC23)ccc1-n1cnc(C)c1. The lowest BCUT2D eigenvalue weighted by atomic mass is 9.76. The van der Waals surface area contributed by atoms with Gasteiger partial charge in [0.1, 0.15) is 11.6 Å². The molecule has 6 nitrogen and oxygen atoms in total. The van der Waals surface area contributed by atoms with Crippen LogP contribution < -0.4 is 4.74 Å². The predicted molar refractivity (Wildman–Crippen MR) is 119 cm³/mol. The fourth-order valence-electron chi connectivity index (χ4n) is 4.39. The van der Waals surface area contributed by atoms with Crippen LogP contribution in [0.25, 0.3) is 11.8 Å². The number of hydrogen-bond acceptors (Lipinski definition) is 5. The Bertz CT molecular complexity index is 1190. The zero-order valence-electron chi connectivity index (χ0n) is 18.0. The van der Waals surface area contributed by atoms with Crippen molar-refractivity contribution in [2.45, 2.75) is 18.9 Å². The fraction of sp³-hybridized carbons (Fsp3) is 0.280. The Hall–Kier alpha value is -3.45. The number of aryl methyl sites for hydroxylation is 1. The molecule has 2 aromatic carbocycles. The van der Waals surface area contributed by atoms with E-state index in [1.54, 1.807) is 25.6 Å². The quantitative estimate of drug-likeness (QED) is 0.587. The highest BCUT2D eigenvalue weighted by molar-refractivity contribution is 6.01. The van der Waals surface area contributed by atoms with E-state index in [4.69, 9.17) is 14.3 Å². The Morgan fingerprint density at radius 3 is 2.78 bits per heavy atom. The van der Waals surface area contributed by atoms with Crippen LogP contribution in [0.4, 0.5) is 4.39 Å². The zero-order chi connectivity index (χ0) is 22.1. The topological polar surface area (TPSA) is 57.9 Å². The summed E-state index contributed by atoms with van der Waals surface area (Å²) in [5, 5.41) is 4.39. The number of benzene rings is 2. The molecular weight excluding hydrogens is 409 g/mol. The summed E-state index contributed by atoms with van der Waals surface area (Å²) >= 11 is 0. The van der Waals surface area contributed by atoms with Gasteiger partial charge < -0.3 is 18.9 Å². The Morgan fingerprint density at radius 1 is 1.19 bits per heavy atom. The van der Waals surface area contributed by atoms with Gasteiger partial charge in [0.2, 0.25) is 0 Å². The smallest absolute Gasteiger partial charge is 0.194 e. The maximum Gasteiger partial charge on any atom is 0.194 e. The van der Waals surface area contributed by atoms with Gasteiger partial charge in [0.25, 0.3) is 0 Å². The van der Waals surface area contributed by atoms with Crippen molar-refractivity contribution in [1.82, 2.24) is 9.55 Å². The number of oxime groups is 1. The Morgan fingerprint density at radius 2 is 2.03 bits per heavy atom. The van der Waals surface area contributed by atoms with Crippen molar-refractivity contribution in [2.24, 2.45) is 11.1 Å². The molecular formula is C25H24FN3O3. The summed E-state index contributed by atoms with van der Waals surface area (Å²) in [6, 6.07) is 12.4. The third-order valence-corrected chi connectivity index (χ3v) is 6.07. The lowest BCUT2D eigenvalue weighted by Gasteiger charge is -2.36. The van der Waals surface area contributed by atoms with Gasteiger partial charge in [-0.3, -0.25) is 0 Å². The van der Waals surface area contributed by atoms with Gasteiger partial charge in [-0.1, -0.05) is 29.4 Å². The van der Waals surface area contributed by atoms with Crippen molar-refractivity contribution in [3.05, 3.63) is 83.7 Å². The van der Waals surface area contributed by atoms with Gasteiger partial charge in [-0.05, 0) is 49.2 Å². The monoisotopic (exact) mass is 433 g/mol. The summed E-state index contributed by atoms with van der Waals surface area (Å²) in [4.78, 5) is 10.2. The second kappa shape index (κ2) is 8.24. The first-order chi connectivity index (χ1) is 15.6. The van der Waals surface area contributed by atoms with E-state index in [0.29, 0.717) is 13.2 Å². The molecule has 0 radical (unpaired) electrons. The minimum absolute atomic E-state index is 0.0352. The molecule has 3 heterocycles. The number of imidazole rings is 1.